The van der Waals surface area contributed by atoms with Gasteiger partial charge < -0.3 is 9.64 Å². The van der Waals surface area contributed by atoms with E-state index in [0.29, 0.717) is 12.8 Å². The van der Waals surface area contributed by atoms with Crippen molar-refractivity contribution in [2.75, 3.05) is 4.90 Å². The van der Waals surface area contributed by atoms with E-state index in [4.69, 9.17) is 4.74 Å². The molecule has 3 aliphatic rings. The molecule has 30 heavy (non-hydrogen) atoms. The summed E-state index contributed by atoms with van der Waals surface area (Å²) in [7, 11) is 0. The Kier molecular flexibility index (Phi) is 4.60. The fourth-order valence-electron chi connectivity index (χ4n) is 5.65. The molecule has 6 heteroatoms. The maximum Gasteiger partial charge on any atom is 0.329 e. The fourth-order valence-corrected chi connectivity index (χ4v) is 5.65. The normalized spacial score (nSPS) is 30.1. The van der Waals surface area contributed by atoms with Crippen molar-refractivity contribution in [3.8, 4) is 0 Å². The van der Waals surface area contributed by atoms with Crippen molar-refractivity contribution in [1.82, 2.24) is 4.90 Å². The van der Waals surface area contributed by atoms with Crippen LogP contribution in [0.1, 0.15) is 53.0 Å². The molecule has 1 aromatic carbocycles. The zero-order chi connectivity index (χ0) is 22.0. The van der Waals surface area contributed by atoms with E-state index in [0.717, 1.165) is 11.3 Å². The number of para-hydroxylation sites is 1. The Balaban J connectivity index is 1.95. The zero-order valence-corrected chi connectivity index (χ0v) is 18.3. The summed E-state index contributed by atoms with van der Waals surface area (Å²) in [6.07, 6.45) is 1.34. The lowest BCUT2D eigenvalue weighted by Gasteiger charge is -2.46. The van der Waals surface area contributed by atoms with E-state index in [2.05, 4.69) is 20.4 Å². The highest BCUT2D eigenvalue weighted by Gasteiger charge is 2.70. The monoisotopic (exact) mass is 410 g/mol. The minimum absolute atomic E-state index is 0.151. The zero-order valence-electron chi connectivity index (χ0n) is 18.3. The molecular weight excluding hydrogens is 380 g/mol. The van der Waals surface area contributed by atoms with Crippen molar-refractivity contribution in [3.05, 3.63) is 42.5 Å². The lowest BCUT2D eigenvalue weighted by atomic mass is 9.60. The van der Waals surface area contributed by atoms with E-state index >= 15 is 0 Å². The van der Waals surface area contributed by atoms with Crippen LogP contribution in [0, 0.1) is 11.3 Å². The van der Waals surface area contributed by atoms with Gasteiger partial charge in [-0.3, -0.25) is 14.5 Å². The minimum Gasteiger partial charge on any atom is -0.451 e. The van der Waals surface area contributed by atoms with E-state index in [1.54, 1.807) is 9.80 Å². The maximum absolute atomic E-state index is 13.6. The van der Waals surface area contributed by atoms with Crippen LogP contribution in [0.5, 0.6) is 0 Å². The SMILES string of the molecule is C=CC(C)(C)[C@@]12C[C@H]3C(=O)O[C@@H](CC(C)C)C(=O)N3[C@@H]1N(C(C)=O)c1ccccc12. The van der Waals surface area contributed by atoms with E-state index in [9.17, 15) is 14.4 Å². The molecule has 0 bridgehead atoms. The number of cyclic esters (lactones) is 1. The van der Waals surface area contributed by atoms with Gasteiger partial charge in [0.15, 0.2) is 6.10 Å². The smallest absolute Gasteiger partial charge is 0.329 e. The number of ether oxygens (including phenoxy) is 1. The van der Waals surface area contributed by atoms with E-state index in [-0.39, 0.29) is 23.7 Å². The second-order valence-electron chi connectivity index (χ2n) is 9.70. The van der Waals surface area contributed by atoms with Gasteiger partial charge in [0.1, 0.15) is 12.2 Å². The van der Waals surface area contributed by atoms with Crippen LogP contribution in [0.2, 0.25) is 0 Å². The minimum atomic E-state index is -0.811. The van der Waals surface area contributed by atoms with Gasteiger partial charge in [0.05, 0.1) is 0 Å². The van der Waals surface area contributed by atoms with Gasteiger partial charge in [-0.15, -0.1) is 6.58 Å². The lowest BCUT2D eigenvalue weighted by molar-refractivity contribution is -0.178. The number of fused-ring (bicyclic) bond motifs is 5. The second-order valence-corrected chi connectivity index (χ2v) is 9.70. The lowest BCUT2D eigenvalue weighted by Crippen LogP contribution is -2.63. The third kappa shape index (κ3) is 2.52. The van der Waals surface area contributed by atoms with Crippen LogP contribution in [0.25, 0.3) is 0 Å². The van der Waals surface area contributed by atoms with Gasteiger partial charge in [-0.05, 0) is 35.8 Å². The summed E-state index contributed by atoms with van der Waals surface area (Å²) in [5, 5.41) is 0. The number of anilines is 1. The molecule has 2 saturated heterocycles. The van der Waals surface area contributed by atoms with Crippen LogP contribution in [0.15, 0.2) is 36.9 Å². The number of carbonyl (C=O) groups excluding carboxylic acids is 3. The molecule has 0 N–H and O–H groups in total. The number of rotatable bonds is 4. The predicted molar refractivity (Wildman–Crippen MR) is 114 cm³/mol. The first-order valence-corrected chi connectivity index (χ1v) is 10.6. The molecular formula is C24H30N2O4. The Bertz CT molecular complexity index is 937. The summed E-state index contributed by atoms with van der Waals surface area (Å²) >= 11 is 0. The summed E-state index contributed by atoms with van der Waals surface area (Å²) in [6, 6.07) is 7.06. The largest absolute Gasteiger partial charge is 0.451 e. The van der Waals surface area contributed by atoms with Gasteiger partial charge in [0.2, 0.25) is 5.91 Å². The summed E-state index contributed by atoms with van der Waals surface area (Å²) in [5.74, 6) is -0.541. The van der Waals surface area contributed by atoms with Gasteiger partial charge in [-0.1, -0.05) is 52.0 Å². The molecule has 4 atom stereocenters. The van der Waals surface area contributed by atoms with E-state index < -0.39 is 29.1 Å². The Morgan fingerprint density at radius 3 is 2.60 bits per heavy atom. The molecule has 6 nitrogen and oxygen atoms in total. The number of esters is 1. The molecule has 3 heterocycles. The first-order chi connectivity index (χ1) is 14.1. The third-order valence-corrected chi connectivity index (χ3v) is 7.19. The maximum atomic E-state index is 13.6. The van der Waals surface area contributed by atoms with Crippen LogP contribution in [-0.4, -0.2) is 41.0 Å². The Labute approximate surface area is 177 Å². The number of carbonyl (C=O) groups is 3. The van der Waals surface area contributed by atoms with Gasteiger partial charge in [-0.25, -0.2) is 4.79 Å². The van der Waals surface area contributed by atoms with Crippen LogP contribution in [-0.2, 0) is 24.5 Å². The Hall–Kier alpha value is -2.63. The summed E-state index contributed by atoms with van der Waals surface area (Å²) in [5.41, 5.74) is 0.646. The number of hydrogen-bond donors (Lipinski definition) is 0. The van der Waals surface area contributed by atoms with Crippen LogP contribution in [0.3, 0.4) is 0 Å². The predicted octanol–water partition coefficient (Wildman–Crippen LogP) is 3.40. The molecule has 2 fully saturated rings. The second kappa shape index (κ2) is 6.69. The summed E-state index contributed by atoms with van der Waals surface area (Å²) in [4.78, 5) is 42.9. The highest BCUT2D eigenvalue weighted by Crippen LogP contribution is 2.62. The molecule has 1 aromatic rings. The number of morpholine rings is 1. The molecule has 0 aliphatic carbocycles. The average molecular weight is 411 g/mol. The highest BCUT2D eigenvalue weighted by atomic mass is 16.6. The van der Waals surface area contributed by atoms with Crippen molar-refractivity contribution >= 4 is 23.5 Å². The van der Waals surface area contributed by atoms with Crippen molar-refractivity contribution in [2.24, 2.45) is 11.3 Å². The molecule has 160 valence electrons. The molecule has 0 saturated carbocycles. The average Bonchev–Trinajstić information content (AvgIpc) is 3.17. The molecule has 4 rings (SSSR count). The number of benzene rings is 1. The summed E-state index contributed by atoms with van der Waals surface area (Å²) < 4.78 is 5.60. The van der Waals surface area contributed by atoms with Crippen molar-refractivity contribution in [3.63, 3.8) is 0 Å². The summed E-state index contributed by atoms with van der Waals surface area (Å²) in [6.45, 7) is 13.7. The van der Waals surface area contributed by atoms with Crippen LogP contribution >= 0.6 is 0 Å². The highest BCUT2D eigenvalue weighted by molar-refractivity contribution is 6.00. The van der Waals surface area contributed by atoms with E-state index in [1.165, 1.54) is 6.92 Å². The van der Waals surface area contributed by atoms with Gasteiger partial charge in [0, 0.05) is 18.0 Å². The third-order valence-electron chi connectivity index (χ3n) is 7.19. The standard InChI is InChI=1S/C24H30N2O4/c1-7-23(5,6)24-13-18-21(29)30-19(12-14(2)3)20(28)26(18)22(24)25(15(4)27)17-11-9-8-10-16(17)24/h7-11,14,18-19,22H,1,12-13H2,2-6H3/t18-,19-,22-,24+/m0/s1. The first kappa shape index (κ1) is 20.6. The topological polar surface area (TPSA) is 66.9 Å². The van der Waals surface area contributed by atoms with Crippen molar-refractivity contribution in [1.29, 1.82) is 0 Å². The molecule has 0 radical (unpaired) electrons. The number of nitrogens with zero attached hydrogens (tertiary/aromatic N) is 2. The number of amides is 2. The number of allylic oxidation sites excluding steroid dienone is 1. The van der Waals surface area contributed by atoms with Gasteiger partial charge in [0.25, 0.3) is 5.91 Å². The van der Waals surface area contributed by atoms with Crippen molar-refractivity contribution < 1.29 is 19.1 Å². The molecule has 0 aromatic heterocycles. The molecule has 3 aliphatic heterocycles. The van der Waals surface area contributed by atoms with Crippen molar-refractivity contribution in [2.45, 2.75) is 71.2 Å². The Morgan fingerprint density at radius 2 is 2.00 bits per heavy atom. The van der Waals surface area contributed by atoms with Gasteiger partial charge in [-0.2, -0.15) is 0 Å². The molecule has 0 unspecified atom stereocenters. The van der Waals surface area contributed by atoms with E-state index in [1.807, 2.05) is 44.2 Å². The number of hydrogen-bond acceptors (Lipinski definition) is 4. The quantitative estimate of drug-likeness (QED) is 0.564. The van der Waals surface area contributed by atoms with Gasteiger partial charge >= 0.3 is 5.97 Å². The van der Waals surface area contributed by atoms with Crippen LogP contribution in [0.4, 0.5) is 5.69 Å². The Morgan fingerprint density at radius 1 is 1.33 bits per heavy atom. The van der Waals surface area contributed by atoms with Crippen LogP contribution < -0.4 is 4.90 Å². The molecule has 0 spiro atoms. The fraction of sp³-hybridized carbons (Fsp3) is 0.542. The molecule has 2 amide bonds. The first-order valence-electron chi connectivity index (χ1n) is 10.6.